The number of rotatable bonds is 5. The minimum atomic E-state index is -4.66. The number of halogens is 3. The predicted molar refractivity (Wildman–Crippen MR) is 72.6 cm³/mol. The zero-order chi connectivity index (χ0) is 15.3. The van der Waals surface area contributed by atoms with Crippen LogP contribution < -0.4 is 10.1 Å². The number of nitrogens with zero attached hydrogens (tertiary/aromatic N) is 1. The van der Waals surface area contributed by atoms with Crippen molar-refractivity contribution < 1.29 is 17.9 Å². The van der Waals surface area contributed by atoms with Gasteiger partial charge in [-0.2, -0.15) is 0 Å². The van der Waals surface area contributed by atoms with Gasteiger partial charge in [-0.1, -0.05) is 12.1 Å². The van der Waals surface area contributed by atoms with E-state index in [1.807, 2.05) is 19.1 Å². The molecule has 1 atom stereocenters. The summed E-state index contributed by atoms with van der Waals surface area (Å²) in [7, 11) is 0. The minimum Gasteiger partial charge on any atom is -0.406 e. The zero-order valence-corrected chi connectivity index (χ0v) is 11.4. The molecule has 2 rings (SSSR count). The Balaban J connectivity index is 1.92. The van der Waals surface area contributed by atoms with Crippen molar-refractivity contribution in [1.82, 2.24) is 10.3 Å². The Labute approximate surface area is 120 Å². The fourth-order valence-electron chi connectivity index (χ4n) is 1.85. The number of hydrogen-bond acceptors (Lipinski definition) is 3. The van der Waals surface area contributed by atoms with Crippen LogP contribution in [0, 0.1) is 0 Å². The molecule has 1 aromatic heterocycles. The van der Waals surface area contributed by atoms with Crippen molar-refractivity contribution in [2.75, 3.05) is 0 Å². The first-order valence-electron chi connectivity index (χ1n) is 6.42. The molecule has 0 amide bonds. The van der Waals surface area contributed by atoms with Crippen LogP contribution in [0.15, 0.2) is 48.8 Å². The van der Waals surface area contributed by atoms with Crippen LogP contribution in [0.25, 0.3) is 0 Å². The highest BCUT2D eigenvalue weighted by Gasteiger charge is 2.30. The van der Waals surface area contributed by atoms with Crippen molar-refractivity contribution in [2.24, 2.45) is 0 Å². The average molecular weight is 296 g/mol. The van der Waals surface area contributed by atoms with Crippen molar-refractivity contribution in [3.8, 4) is 5.75 Å². The van der Waals surface area contributed by atoms with E-state index in [1.165, 1.54) is 12.1 Å². The lowest BCUT2D eigenvalue weighted by atomic mass is 10.1. The number of aromatic nitrogens is 1. The highest BCUT2D eigenvalue weighted by Crippen LogP contribution is 2.24. The van der Waals surface area contributed by atoms with Crippen LogP contribution in [-0.2, 0) is 6.54 Å². The molecule has 0 aliphatic carbocycles. The number of ether oxygens (including phenoxy) is 1. The van der Waals surface area contributed by atoms with Gasteiger partial charge in [0.25, 0.3) is 0 Å². The molecule has 6 heteroatoms. The number of pyridine rings is 1. The highest BCUT2D eigenvalue weighted by atomic mass is 19.4. The van der Waals surface area contributed by atoms with E-state index in [9.17, 15) is 13.2 Å². The number of benzene rings is 1. The van der Waals surface area contributed by atoms with Crippen LogP contribution in [0.2, 0.25) is 0 Å². The molecule has 1 unspecified atom stereocenters. The second kappa shape index (κ2) is 6.58. The normalized spacial score (nSPS) is 13.0. The smallest absolute Gasteiger partial charge is 0.406 e. The Morgan fingerprint density at radius 1 is 1.10 bits per heavy atom. The summed E-state index contributed by atoms with van der Waals surface area (Å²) in [5.74, 6) is -0.215. The first-order chi connectivity index (χ1) is 9.94. The first kappa shape index (κ1) is 15.3. The van der Waals surface area contributed by atoms with Gasteiger partial charge in [-0.15, -0.1) is 13.2 Å². The first-order valence-corrected chi connectivity index (χ1v) is 6.42. The molecule has 0 bridgehead atoms. The molecular weight excluding hydrogens is 281 g/mol. The quantitative estimate of drug-likeness (QED) is 0.910. The number of nitrogens with one attached hydrogen (secondary N) is 1. The van der Waals surface area contributed by atoms with Crippen LogP contribution in [-0.4, -0.2) is 11.3 Å². The van der Waals surface area contributed by atoms with Gasteiger partial charge in [-0.3, -0.25) is 4.98 Å². The van der Waals surface area contributed by atoms with Crippen LogP contribution in [0.5, 0.6) is 5.75 Å². The summed E-state index contributed by atoms with van der Waals surface area (Å²) in [4.78, 5) is 3.94. The fourth-order valence-corrected chi connectivity index (χ4v) is 1.85. The largest absolute Gasteiger partial charge is 0.573 e. The molecule has 0 aliphatic rings. The fraction of sp³-hybridized carbons (Fsp3) is 0.267. The maximum absolute atomic E-state index is 12.1. The second-order valence-corrected chi connectivity index (χ2v) is 4.57. The molecule has 2 aromatic rings. The minimum absolute atomic E-state index is 0.0121. The maximum Gasteiger partial charge on any atom is 0.573 e. The Hall–Kier alpha value is -2.08. The van der Waals surface area contributed by atoms with Gasteiger partial charge in [-0.25, -0.2) is 0 Å². The van der Waals surface area contributed by atoms with E-state index in [4.69, 9.17) is 0 Å². The molecule has 0 fully saturated rings. The Bertz CT molecular complexity index is 555. The van der Waals surface area contributed by atoms with Gasteiger partial charge in [0.05, 0.1) is 0 Å². The Morgan fingerprint density at radius 3 is 2.29 bits per heavy atom. The van der Waals surface area contributed by atoms with E-state index >= 15 is 0 Å². The molecule has 0 saturated heterocycles. The third-order valence-electron chi connectivity index (χ3n) is 2.98. The summed E-state index contributed by atoms with van der Waals surface area (Å²) in [6.45, 7) is 2.60. The van der Waals surface area contributed by atoms with Gasteiger partial charge < -0.3 is 10.1 Å². The topological polar surface area (TPSA) is 34.2 Å². The molecule has 112 valence electrons. The maximum atomic E-state index is 12.1. The van der Waals surface area contributed by atoms with Crippen molar-refractivity contribution in [1.29, 1.82) is 0 Å². The lowest BCUT2D eigenvalue weighted by Crippen LogP contribution is -2.19. The lowest BCUT2D eigenvalue weighted by molar-refractivity contribution is -0.274. The summed E-state index contributed by atoms with van der Waals surface area (Å²) in [5.41, 5.74) is 1.98. The summed E-state index contributed by atoms with van der Waals surface area (Å²) >= 11 is 0. The van der Waals surface area contributed by atoms with Crippen LogP contribution in [0.3, 0.4) is 0 Å². The molecule has 3 nitrogen and oxygen atoms in total. The van der Waals surface area contributed by atoms with E-state index < -0.39 is 6.36 Å². The predicted octanol–water partition coefficient (Wildman–Crippen LogP) is 3.83. The van der Waals surface area contributed by atoms with Crippen LogP contribution >= 0.6 is 0 Å². The summed E-state index contributed by atoms with van der Waals surface area (Å²) in [6.07, 6.45) is -1.23. The van der Waals surface area contributed by atoms with E-state index in [1.54, 1.807) is 24.5 Å². The molecule has 1 N–H and O–H groups in total. The molecule has 0 aliphatic heterocycles. The van der Waals surface area contributed by atoms with E-state index in [-0.39, 0.29) is 11.8 Å². The molecule has 1 aromatic carbocycles. The number of hydrogen-bond donors (Lipinski definition) is 1. The van der Waals surface area contributed by atoms with E-state index in [2.05, 4.69) is 15.0 Å². The SMILES string of the molecule is CC(NCc1ccncc1)c1ccc(OC(F)(F)F)cc1. The lowest BCUT2D eigenvalue weighted by Gasteiger charge is -2.15. The molecule has 1 heterocycles. The highest BCUT2D eigenvalue weighted by molar-refractivity contribution is 5.29. The van der Waals surface area contributed by atoms with Gasteiger partial charge >= 0.3 is 6.36 Å². The zero-order valence-electron chi connectivity index (χ0n) is 11.4. The van der Waals surface area contributed by atoms with Crippen LogP contribution in [0.1, 0.15) is 24.1 Å². The molecular formula is C15H15F3N2O. The van der Waals surface area contributed by atoms with E-state index in [0.717, 1.165) is 11.1 Å². The molecule has 21 heavy (non-hydrogen) atoms. The van der Waals surface area contributed by atoms with Gasteiger partial charge in [0.1, 0.15) is 5.75 Å². The van der Waals surface area contributed by atoms with Crippen molar-refractivity contribution >= 4 is 0 Å². The standard InChI is InChI=1S/C15H15F3N2O/c1-11(20-10-12-6-8-19-9-7-12)13-2-4-14(5-3-13)21-15(16,17)18/h2-9,11,20H,10H2,1H3. The Morgan fingerprint density at radius 2 is 1.71 bits per heavy atom. The van der Waals surface area contributed by atoms with Gasteiger partial charge in [0, 0.05) is 25.0 Å². The molecule has 0 spiro atoms. The van der Waals surface area contributed by atoms with Gasteiger partial charge in [0.2, 0.25) is 0 Å². The summed E-state index contributed by atoms with van der Waals surface area (Å²) < 4.78 is 40.0. The van der Waals surface area contributed by atoms with Crippen molar-refractivity contribution in [3.63, 3.8) is 0 Å². The van der Waals surface area contributed by atoms with Gasteiger partial charge in [0.15, 0.2) is 0 Å². The van der Waals surface area contributed by atoms with Crippen LogP contribution in [0.4, 0.5) is 13.2 Å². The monoisotopic (exact) mass is 296 g/mol. The summed E-state index contributed by atoms with van der Waals surface area (Å²) in [5, 5.41) is 3.29. The van der Waals surface area contributed by atoms with Gasteiger partial charge in [-0.05, 0) is 42.3 Å². The third-order valence-corrected chi connectivity index (χ3v) is 2.98. The van der Waals surface area contributed by atoms with E-state index in [0.29, 0.717) is 6.54 Å². The third kappa shape index (κ3) is 5.07. The average Bonchev–Trinajstić information content (AvgIpc) is 2.45. The summed E-state index contributed by atoms with van der Waals surface area (Å²) in [6, 6.07) is 9.68. The van der Waals surface area contributed by atoms with Crippen molar-refractivity contribution in [3.05, 3.63) is 59.9 Å². The Kier molecular flexibility index (Phi) is 4.80. The van der Waals surface area contributed by atoms with Crippen molar-refractivity contribution in [2.45, 2.75) is 25.9 Å². The molecule has 0 radical (unpaired) electrons. The molecule has 0 saturated carbocycles. The second-order valence-electron chi connectivity index (χ2n) is 4.57. The number of alkyl halides is 3.